The van der Waals surface area contributed by atoms with Gasteiger partial charge in [-0.05, 0) is 34.7 Å². The van der Waals surface area contributed by atoms with Gasteiger partial charge in [0, 0.05) is 25.6 Å². The summed E-state index contributed by atoms with van der Waals surface area (Å²) in [7, 11) is 0. The summed E-state index contributed by atoms with van der Waals surface area (Å²) in [6, 6.07) is 2.33. The summed E-state index contributed by atoms with van der Waals surface area (Å²) >= 11 is 1.71. The molecule has 19 heavy (non-hydrogen) atoms. The van der Waals surface area contributed by atoms with Gasteiger partial charge in [-0.25, -0.2) is 0 Å². The van der Waals surface area contributed by atoms with E-state index in [4.69, 9.17) is 5.73 Å². The molecule has 0 aromatic carbocycles. The van der Waals surface area contributed by atoms with Crippen molar-refractivity contribution in [1.82, 2.24) is 15.2 Å². The van der Waals surface area contributed by atoms with Crippen LogP contribution in [-0.4, -0.2) is 34.3 Å². The Morgan fingerprint density at radius 2 is 2.47 bits per heavy atom. The summed E-state index contributed by atoms with van der Waals surface area (Å²) in [5.74, 6) is 2.29. The summed E-state index contributed by atoms with van der Waals surface area (Å²) in [6.45, 7) is 4.05. The Hall–Kier alpha value is -1.40. The molecule has 0 saturated carbocycles. The van der Waals surface area contributed by atoms with E-state index in [0.29, 0.717) is 5.92 Å². The minimum Gasteiger partial charge on any atom is -0.338 e. The number of H-pyrrole nitrogens is 1. The largest absolute Gasteiger partial charge is 0.338 e. The Balaban J connectivity index is 1.67. The van der Waals surface area contributed by atoms with Crippen molar-refractivity contribution >= 4 is 17.3 Å². The van der Waals surface area contributed by atoms with Gasteiger partial charge in [0.2, 0.25) is 5.95 Å². The average molecular weight is 277 g/mol. The third-order valence-electron chi connectivity index (χ3n) is 3.77. The number of rotatable bonds is 3. The Morgan fingerprint density at radius 3 is 3.21 bits per heavy atom. The Bertz CT molecular complexity index is 521. The second-order valence-corrected chi connectivity index (χ2v) is 6.05. The molecule has 0 spiro atoms. The van der Waals surface area contributed by atoms with E-state index in [2.05, 4.69) is 43.8 Å². The monoisotopic (exact) mass is 277 g/mol. The second kappa shape index (κ2) is 5.30. The van der Waals surface area contributed by atoms with Crippen LogP contribution in [0.4, 0.5) is 5.95 Å². The second-order valence-electron chi connectivity index (χ2n) is 5.27. The maximum Gasteiger partial charge on any atom is 0.244 e. The highest BCUT2D eigenvalue weighted by Crippen LogP contribution is 2.20. The van der Waals surface area contributed by atoms with Gasteiger partial charge in [0.05, 0.1) is 0 Å². The number of thiophene rings is 1. The first-order valence-electron chi connectivity index (χ1n) is 6.65. The van der Waals surface area contributed by atoms with E-state index in [9.17, 15) is 0 Å². The molecule has 0 amide bonds. The lowest BCUT2D eigenvalue weighted by Crippen LogP contribution is -2.48. The van der Waals surface area contributed by atoms with Gasteiger partial charge in [-0.15, -0.1) is 5.10 Å². The number of hydrogen-bond donors (Lipinski definition) is 2. The highest BCUT2D eigenvalue weighted by molar-refractivity contribution is 7.07. The minimum atomic E-state index is 0.215. The normalized spacial score (nSPS) is 23.8. The van der Waals surface area contributed by atoms with Crippen LogP contribution in [0.3, 0.4) is 0 Å². The van der Waals surface area contributed by atoms with E-state index in [1.54, 1.807) is 11.3 Å². The summed E-state index contributed by atoms with van der Waals surface area (Å²) in [5.41, 5.74) is 7.39. The first-order valence-corrected chi connectivity index (χ1v) is 7.59. The highest BCUT2D eigenvalue weighted by Gasteiger charge is 2.25. The molecule has 3 heterocycles. The molecule has 6 heteroatoms. The molecular formula is C13H19N5S. The van der Waals surface area contributed by atoms with Gasteiger partial charge in [0.25, 0.3) is 0 Å². The summed E-state index contributed by atoms with van der Waals surface area (Å²) in [6.07, 6.45) is 1.92. The third-order valence-corrected chi connectivity index (χ3v) is 4.50. The zero-order valence-corrected chi connectivity index (χ0v) is 11.9. The van der Waals surface area contributed by atoms with Gasteiger partial charge in [-0.2, -0.15) is 16.3 Å². The molecule has 102 valence electrons. The molecule has 3 N–H and O–H groups in total. The molecule has 2 aromatic rings. The first-order chi connectivity index (χ1) is 9.22. The van der Waals surface area contributed by atoms with Crippen LogP contribution in [0.15, 0.2) is 16.8 Å². The van der Waals surface area contributed by atoms with Crippen LogP contribution in [0, 0.1) is 5.92 Å². The summed E-state index contributed by atoms with van der Waals surface area (Å²) < 4.78 is 0. The lowest BCUT2D eigenvalue weighted by molar-refractivity contribution is 0.376. The van der Waals surface area contributed by atoms with Crippen LogP contribution in [0.25, 0.3) is 0 Å². The molecule has 1 saturated heterocycles. The molecule has 1 fully saturated rings. The number of aromatic amines is 1. The fraction of sp³-hybridized carbons (Fsp3) is 0.538. The molecule has 0 aliphatic carbocycles. The fourth-order valence-corrected chi connectivity index (χ4v) is 3.04. The number of piperidine rings is 1. The lowest BCUT2D eigenvalue weighted by atomic mass is 9.95. The van der Waals surface area contributed by atoms with Crippen molar-refractivity contribution in [1.29, 1.82) is 0 Å². The molecule has 2 atom stereocenters. The van der Waals surface area contributed by atoms with Crippen LogP contribution in [0.2, 0.25) is 0 Å². The number of nitrogens with two attached hydrogens (primary N) is 1. The Labute approximate surface area is 116 Å². The van der Waals surface area contributed by atoms with Gasteiger partial charge in [0.15, 0.2) is 0 Å². The average Bonchev–Trinajstić information content (AvgIpc) is 3.05. The Morgan fingerprint density at radius 1 is 1.58 bits per heavy atom. The summed E-state index contributed by atoms with van der Waals surface area (Å²) in [4.78, 5) is 6.76. The molecule has 1 aliphatic heterocycles. The van der Waals surface area contributed by atoms with Crippen molar-refractivity contribution in [2.24, 2.45) is 11.7 Å². The number of nitrogens with one attached hydrogen (secondary N) is 1. The summed E-state index contributed by atoms with van der Waals surface area (Å²) in [5, 5.41) is 11.6. The maximum absolute atomic E-state index is 6.12. The van der Waals surface area contributed by atoms with Crippen molar-refractivity contribution in [3.63, 3.8) is 0 Å². The molecule has 3 rings (SSSR count). The molecule has 1 aliphatic rings. The van der Waals surface area contributed by atoms with E-state index >= 15 is 0 Å². The van der Waals surface area contributed by atoms with Crippen LogP contribution >= 0.6 is 11.3 Å². The molecule has 0 bridgehead atoms. The van der Waals surface area contributed by atoms with Crippen molar-refractivity contribution < 1.29 is 0 Å². The fourth-order valence-electron chi connectivity index (χ4n) is 2.37. The van der Waals surface area contributed by atoms with E-state index in [0.717, 1.165) is 37.7 Å². The van der Waals surface area contributed by atoms with Crippen molar-refractivity contribution in [3.05, 3.63) is 28.2 Å². The predicted octanol–water partition coefficient (Wildman–Crippen LogP) is 1.63. The predicted molar refractivity (Wildman–Crippen MR) is 77.5 cm³/mol. The van der Waals surface area contributed by atoms with E-state index in [-0.39, 0.29) is 6.04 Å². The van der Waals surface area contributed by atoms with E-state index in [1.165, 1.54) is 5.56 Å². The van der Waals surface area contributed by atoms with E-state index in [1.807, 2.05) is 0 Å². The van der Waals surface area contributed by atoms with Gasteiger partial charge >= 0.3 is 0 Å². The first kappa shape index (κ1) is 12.6. The highest BCUT2D eigenvalue weighted by atomic mass is 32.1. The molecule has 2 aromatic heterocycles. The van der Waals surface area contributed by atoms with Crippen LogP contribution < -0.4 is 10.6 Å². The molecular weight excluding hydrogens is 258 g/mol. The smallest absolute Gasteiger partial charge is 0.244 e. The molecule has 5 nitrogen and oxygen atoms in total. The minimum absolute atomic E-state index is 0.215. The van der Waals surface area contributed by atoms with Crippen LogP contribution in [0.1, 0.15) is 24.7 Å². The standard InChI is InChI=1S/C13H19N5S/c1-9-2-4-18(7-11(9)14)13-15-12(16-17-13)6-10-3-5-19-8-10/h3,5,8-9,11H,2,4,6-7,14H2,1H3,(H,15,16,17). The third kappa shape index (κ3) is 2.79. The molecule has 0 radical (unpaired) electrons. The quantitative estimate of drug-likeness (QED) is 0.894. The van der Waals surface area contributed by atoms with Crippen LogP contribution in [0.5, 0.6) is 0 Å². The zero-order chi connectivity index (χ0) is 13.2. The number of anilines is 1. The van der Waals surface area contributed by atoms with Gasteiger partial charge in [-0.3, -0.25) is 5.10 Å². The number of nitrogens with zero attached hydrogens (tertiary/aromatic N) is 3. The SMILES string of the molecule is CC1CCN(c2n[nH]c(Cc3ccsc3)n2)CC1N. The number of hydrogen-bond acceptors (Lipinski definition) is 5. The number of aromatic nitrogens is 3. The maximum atomic E-state index is 6.12. The van der Waals surface area contributed by atoms with Crippen molar-refractivity contribution in [2.45, 2.75) is 25.8 Å². The van der Waals surface area contributed by atoms with Gasteiger partial charge < -0.3 is 10.6 Å². The topological polar surface area (TPSA) is 70.8 Å². The zero-order valence-electron chi connectivity index (χ0n) is 11.0. The van der Waals surface area contributed by atoms with Crippen LogP contribution in [-0.2, 0) is 6.42 Å². The Kier molecular flexibility index (Phi) is 3.52. The van der Waals surface area contributed by atoms with Crippen molar-refractivity contribution in [3.8, 4) is 0 Å². The lowest BCUT2D eigenvalue weighted by Gasteiger charge is -2.34. The van der Waals surface area contributed by atoms with Gasteiger partial charge in [-0.1, -0.05) is 6.92 Å². The van der Waals surface area contributed by atoms with Crippen molar-refractivity contribution in [2.75, 3.05) is 18.0 Å². The molecule has 2 unspecified atom stereocenters. The van der Waals surface area contributed by atoms with Gasteiger partial charge in [0.1, 0.15) is 5.82 Å². The van der Waals surface area contributed by atoms with E-state index < -0.39 is 0 Å².